The average Bonchev–Trinajstić information content (AvgIpc) is 2.98. The van der Waals surface area contributed by atoms with Crippen molar-refractivity contribution in [3.05, 3.63) is 41.1 Å². The number of aromatic nitrogens is 2. The number of benzene rings is 1. The lowest BCUT2D eigenvalue weighted by Crippen LogP contribution is -2.36. The summed E-state index contributed by atoms with van der Waals surface area (Å²) >= 11 is 0. The maximum Gasteiger partial charge on any atom is 0.416 e. The number of alkyl halides is 3. The van der Waals surface area contributed by atoms with Gasteiger partial charge in [-0.1, -0.05) is 12.1 Å². The Labute approximate surface area is 160 Å². The highest BCUT2D eigenvalue weighted by Gasteiger charge is 2.32. The molecule has 7 nitrogen and oxygen atoms in total. The van der Waals surface area contributed by atoms with Gasteiger partial charge in [-0.05, 0) is 12.1 Å². The summed E-state index contributed by atoms with van der Waals surface area (Å²) in [5, 5.41) is 23.3. The van der Waals surface area contributed by atoms with Crippen LogP contribution in [0.1, 0.15) is 16.8 Å². The van der Waals surface area contributed by atoms with Crippen LogP contribution in [0, 0.1) is 0 Å². The Balaban J connectivity index is 2.05. The summed E-state index contributed by atoms with van der Waals surface area (Å²) in [5.41, 5.74) is 1.26. The standard InChI is InChI=1S/C17H20F3N3O4S/c1-28(26,27)22-7-6-15-14(9-22)16(21-23(15)8-13(25)10-24)11-2-4-12(5-3-11)17(18,19)20/h2-5,13,24-25H,6-10H2,1H3. The van der Waals surface area contributed by atoms with Gasteiger partial charge in [0.05, 0.1) is 36.8 Å². The van der Waals surface area contributed by atoms with Crippen LogP contribution in [0.3, 0.4) is 0 Å². The number of aliphatic hydroxyl groups excluding tert-OH is 2. The lowest BCUT2D eigenvalue weighted by molar-refractivity contribution is -0.137. The molecule has 1 aromatic carbocycles. The highest BCUT2D eigenvalue weighted by Crippen LogP contribution is 2.34. The first kappa shape index (κ1) is 20.8. The number of rotatable bonds is 5. The van der Waals surface area contributed by atoms with Crippen LogP contribution in [-0.4, -0.2) is 58.2 Å². The second-order valence-electron chi connectivity index (χ2n) is 6.71. The van der Waals surface area contributed by atoms with Crippen LogP contribution in [0.4, 0.5) is 13.2 Å². The highest BCUT2D eigenvalue weighted by atomic mass is 32.2. The molecule has 0 saturated carbocycles. The molecule has 0 amide bonds. The zero-order valence-corrected chi connectivity index (χ0v) is 15.8. The van der Waals surface area contributed by atoms with Crippen LogP contribution in [0.5, 0.6) is 0 Å². The Morgan fingerprint density at radius 1 is 1.25 bits per heavy atom. The number of fused-ring (bicyclic) bond motifs is 1. The van der Waals surface area contributed by atoms with Gasteiger partial charge in [0.2, 0.25) is 10.0 Å². The van der Waals surface area contributed by atoms with E-state index in [4.69, 9.17) is 5.11 Å². The molecule has 1 aromatic heterocycles. The fourth-order valence-electron chi connectivity index (χ4n) is 3.21. The highest BCUT2D eigenvalue weighted by molar-refractivity contribution is 7.88. The van der Waals surface area contributed by atoms with Gasteiger partial charge in [0, 0.05) is 36.3 Å². The van der Waals surface area contributed by atoms with Crippen molar-refractivity contribution in [3.63, 3.8) is 0 Å². The molecule has 2 heterocycles. The van der Waals surface area contributed by atoms with Crippen molar-refractivity contribution < 1.29 is 31.8 Å². The molecule has 0 bridgehead atoms. The van der Waals surface area contributed by atoms with Crippen molar-refractivity contribution in [3.8, 4) is 11.3 Å². The van der Waals surface area contributed by atoms with Crippen LogP contribution >= 0.6 is 0 Å². The van der Waals surface area contributed by atoms with Gasteiger partial charge >= 0.3 is 6.18 Å². The summed E-state index contributed by atoms with van der Waals surface area (Å²) in [7, 11) is -3.45. The molecule has 28 heavy (non-hydrogen) atoms. The molecule has 0 aliphatic carbocycles. The first-order valence-electron chi connectivity index (χ1n) is 8.51. The quantitative estimate of drug-likeness (QED) is 0.760. The molecular weight excluding hydrogens is 399 g/mol. The lowest BCUT2D eigenvalue weighted by atomic mass is 10.0. The summed E-state index contributed by atoms with van der Waals surface area (Å²) in [6.07, 6.45) is -4.09. The van der Waals surface area contributed by atoms with E-state index in [9.17, 15) is 26.7 Å². The van der Waals surface area contributed by atoms with Crippen molar-refractivity contribution >= 4 is 10.0 Å². The minimum Gasteiger partial charge on any atom is -0.394 e. The van der Waals surface area contributed by atoms with Crippen LogP contribution in [0.15, 0.2) is 24.3 Å². The van der Waals surface area contributed by atoms with Crippen LogP contribution < -0.4 is 0 Å². The monoisotopic (exact) mass is 419 g/mol. The van der Waals surface area contributed by atoms with Gasteiger partial charge in [0.1, 0.15) is 0 Å². The maximum atomic E-state index is 12.8. The molecule has 11 heteroatoms. The molecule has 0 fully saturated rings. The molecule has 1 atom stereocenters. The Kier molecular flexibility index (Phi) is 5.54. The van der Waals surface area contributed by atoms with E-state index in [1.165, 1.54) is 21.1 Å². The number of nitrogens with zero attached hydrogens (tertiary/aromatic N) is 3. The maximum absolute atomic E-state index is 12.8. The Hall–Kier alpha value is -1.95. The fourth-order valence-corrected chi connectivity index (χ4v) is 3.99. The topological polar surface area (TPSA) is 95.7 Å². The van der Waals surface area contributed by atoms with E-state index in [1.807, 2.05) is 0 Å². The van der Waals surface area contributed by atoms with E-state index in [1.54, 1.807) is 0 Å². The molecule has 0 radical (unpaired) electrons. The molecule has 1 aliphatic rings. The second-order valence-corrected chi connectivity index (χ2v) is 8.70. The molecule has 2 aromatic rings. The normalized spacial score (nSPS) is 16.8. The van der Waals surface area contributed by atoms with Crippen molar-refractivity contribution in [2.24, 2.45) is 0 Å². The molecule has 1 aliphatic heterocycles. The van der Waals surface area contributed by atoms with Gasteiger partial charge in [-0.2, -0.15) is 22.6 Å². The molecule has 154 valence electrons. The zero-order valence-electron chi connectivity index (χ0n) is 15.0. The largest absolute Gasteiger partial charge is 0.416 e. The van der Waals surface area contributed by atoms with Crippen LogP contribution in [0.2, 0.25) is 0 Å². The van der Waals surface area contributed by atoms with Gasteiger partial charge in [-0.15, -0.1) is 0 Å². The predicted octanol–water partition coefficient (Wildman–Crippen LogP) is 1.24. The molecule has 2 N–H and O–H groups in total. The summed E-state index contributed by atoms with van der Waals surface area (Å²) in [5.74, 6) is 0. The summed E-state index contributed by atoms with van der Waals surface area (Å²) in [4.78, 5) is 0. The van der Waals surface area contributed by atoms with Crippen molar-refractivity contribution in [1.82, 2.24) is 14.1 Å². The lowest BCUT2D eigenvalue weighted by Gasteiger charge is -2.26. The molecule has 3 rings (SSSR count). The molecule has 0 saturated heterocycles. The van der Waals surface area contributed by atoms with E-state index >= 15 is 0 Å². The Bertz CT molecular complexity index is 955. The van der Waals surface area contributed by atoms with E-state index in [0.717, 1.165) is 18.4 Å². The minimum absolute atomic E-state index is 0.00164. The van der Waals surface area contributed by atoms with E-state index in [-0.39, 0.29) is 19.6 Å². The van der Waals surface area contributed by atoms with Gasteiger partial charge in [-0.25, -0.2) is 8.42 Å². The third-order valence-electron chi connectivity index (χ3n) is 4.65. The van der Waals surface area contributed by atoms with E-state index in [0.29, 0.717) is 28.9 Å². The SMILES string of the molecule is CS(=O)(=O)N1CCc2c(c(-c3ccc(C(F)(F)F)cc3)nn2CC(O)CO)C1. The van der Waals surface area contributed by atoms with Crippen molar-refractivity contribution in [1.29, 1.82) is 0 Å². The molecule has 0 spiro atoms. The summed E-state index contributed by atoms with van der Waals surface area (Å²) in [6, 6.07) is 4.47. The zero-order chi connectivity index (χ0) is 20.7. The van der Waals surface area contributed by atoms with Gasteiger partial charge < -0.3 is 10.2 Å². The van der Waals surface area contributed by atoms with Gasteiger partial charge in [0.15, 0.2) is 0 Å². The summed E-state index contributed by atoms with van der Waals surface area (Å²) in [6.45, 7) is -0.197. The number of sulfonamides is 1. The second kappa shape index (κ2) is 7.47. The molecular formula is C17H20F3N3O4S. The number of halogens is 3. The smallest absolute Gasteiger partial charge is 0.394 e. The molecule has 1 unspecified atom stereocenters. The minimum atomic E-state index is -4.46. The third kappa shape index (κ3) is 4.22. The first-order chi connectivity index (χ1) is 13.0. The van der Waals surface area contributed by atoms with Gasteiger partial charge in [0.25, 0.3) is 0 Å². The van der Waals surface area contributed by atoms with Crippen LogP contribution in [-0.2, 0) is 35.7 Å². The number of hydrogen-bond acceptors (Lipinski definition) is 5. The number of aliphatic hydroxyl groups is 2. The van der Waals surface area contributed by atoms with Gasteiger partial charge in [-0.3, -0.25) is 4.68 Å². The van der Waals surface area contributed by atoms with Crippen molar-refractivity contribution in [2.45, 2.75) is 31.8 Å². The Morgan fingerprint density at radius 3 is 2.43 bits per heavy atom. The van der Waals surface area contributed by atoms with E-state index < -0.39 is 34.5 Å². The van der Waals surface area contributed by atoms with Crippen LogP contribution in [0.25, 0.3) is 11.3 Å². The number of hydrogen-bond donors (Lipinski definition) is 2. The first-order valence-corrected chi connectivity index (χ1v) is 10.4. The van der Waals surface area contributed by atoms with Crippen molar-refractivity contribution in [2.75, 3.05) is 19.4 Å². The Morgan fingerprint density at radius 2 is 1.89 bits per heavy atom. The average molecular weight is 419 g/mol. The summed E-state index contributed by atoms with van der Waals surface area (Å²) < 4.78 is 65.1. The van der Waals surface area contributed by atoms with E-state index in [2.05, 4.69) is 5.10 Å². The predicted molar refractivity (Wildman–Crippen MR) is 94.7 cm³/mol. The third-order valence-corrected chi connectivity index (χ3v) is 5.90. The fraction of sp³-hybridized carbons (Fsp3) is 0.471.